The van der Waals surface area contributed by atoms with Crippen LogP contribution in [0.2, 0.25) is 5.02 Å². The van der Waals surface area contributed by atoms with Gasteiger partial charge in [-0.3, -0.25) is 4.72 Å². The van der Waals surface area contributed by atoms with E-state index in [-0.39, 0.29) is 0 Å². The molecule has 110 valence electrons. The number of rotatable bonds is 5. The number of ether oxygens (including phenoxy) is 1. The number of H-pyrrole nitrogens is 1. The molecule has 0 spiro atoms. The number of nitrogens with one attached hydrogen (secondary N) is 2. The van der Waals surface area contributed by atoms with Crippen molar-refractivity contribution >= 4 is 39.3 Å². The smallest absolute Gasteiger partial charge is 0.181 e. The lowest BCUT2D eigenvalue weighted by molar-refractivity contribution is 0.156. The number of aromatic nitrogens is 2. The topological polar surface area (TPSA) is 80.1 Å². The van der Waals surface area contributed by atoms with Gasteiger partial charge in [0.25, 0.3) is 0 Å². The van der Waals surface area contributed by atoms with Crippen LogP contribution in [0.25, 0.3) is 10.9 Å². The third-order valence-corrected chi connectivity index (χ3v) is 4.22. The maximum Gasteiger partial charge on any atom is 0.181 e. The molecule has 0 aliphatic heterocycles. The van der Waals surface area contributed by atoms with Crippen molar-refractivity contribution in [2.24, 2.45) is 0 Å². The predicted molar refractivity (Wildman–Crippen MR) is 80.6 cm³/mol. The zero-order valence-corrected chi connectivity index (χ0v) is 12.6. The minimum atomic E-state index is -1.46. The molecule has 2 heterocycles. The van der Waals surface area contributed by atoms with E-state index < -0.39 is 11.0 Å². The zero-order valence-electron chi connectivity index (χ0n) is 11.1. The molecule has 2 N–H and O–H groups in total. The minimum Gasteiger partial charge on any atom is -0.377 e. The molecule has 0 aliphatic rings. The second-order valence-corrected chi connectivity index (χ2v) is 5.94. The molecule has 1 atom stereocenters. The van der Waals surface area contributed by atoms with E-state index >= 15 is 0 Å². The molecule has 6 nitrogen and oxygen atoms in total. The Balaban J connectivity index is 1.83. The molecule has 2 aromatic heterocycles. The molecule has 0 fully saturated rings. The van der Waals surface area contributed by atoms with Gasteiger partial charge in [0.05, 0.1) is 4.90 Å². The van der Waals surface area contributed by atoms with Crippen LogP contribution in [0.1, 0.15) is 5.76 Å². The highest BCUT2D eigenvalue weighted by Gasteiger charge is 2.13. The maximum absolute atomic E-state index is 12.4. The Morgan fingerprint density at radius 2 is 2.33 bits per heavy atom. The highest BCUT2D eigenvalue weighted by molar-refractivity contribution is 7.86. The summed E-state index contributed by atoms with van der Waals surface area (Å²) in [5.41, 5.74) is 0.827. The van der Waals surface area contributed by atoms with Crippen LogP contribution < -0.4 is 4.72 Å². The van der Waals surface area contributed by atoms with E-state index in [0.717, 1.165) is 10.9 Å². The molecule has 0 saturated heterocycles. The van der Waals surface area contributed by atoms with Crippen LogP contribution in [0.3, 0.4) is 0 Å². The molecule has 0 saturated carbocycles. The van der Waals surface area contributed by atoms with Crippen LogP contribution in [0.15, 0.2) is 39.9 Å². The van der Waals surface area contributed by atoms with Gasteiger partial charge in [0, 0.05) is 35.3 Å². The third kappa shape index (κ3) is 2.94. The van der Waals surface area contributed by atoms with Crippen molar-refractivity contribution in [3.8, 4) is 0 Å². The molecule has 21 heavy (non-hydrogen) atoms. The second-order valence-electron chi connectivity index (χ2n) is 4.33. The summed E-state index contributed by atoms with van der Waals surface area (Å²) in [5.74, 6) is 0.950. The number of benzene rings is 1. The summed E-state index contributed by atoms with van der Waals surface area (Å²) in [6.45, 7) is 0.312. The molecular weight excluding hydrogens is 314 g/mol. The molecule has 0 bridgehead atoms. The molecule has 0 radical (unpaired) electrons. The SMILES string of the molecule is COCc1cc(NS(=O)c2c[nH]c3cc(Cl)ccc23)no1. The number of fused-ring (bicyclic) bond motifs is 1. The highest BCUT2D eigenvalue weighted by Crippen LogP contribution is 2.25. The normalized spacial score (nSPS) is 12.7. The fourth-order valence-electron chi connectivity index (χ4n) is 1.95. The summed E-state index contributed by atoms with van der Waals surface area (Å²) in [4.78, 5) is 3.66. The first-order valence-electron chi connectivity index (χ1n) is 6.07. The van der Waals surface area contributed by atoms with Crippen LogP contribution in [-0.4, -0.2) is 21.5 Å². The van der Waals surface area contributed by atoms with Gasteiger partial charge in [0.1, 0.15) is 6.61 Å². The number of methoxy groups -OCH3 is 1. The summed E-state index contributed by atoms with van der Waals surface area (Å²) < 4.78 is 25.1. The van der Waals surface area contributed by atoms with Gasteiger partial charge in [0.2, 0.25) is 0 Å². The van der Waals surface area contributed by atoms with Crippen molar-refractivity contribution in [2.75, 3.05) is 11.8 Å². The minimum absolute atomic E-state index is 0.312. The lowest BCUT2D eigenvalue weighted by Gasteiger charge is -2.00. The van der Waals surface area contributed by atoms with Gasteiger partial charge in [-0.25, -0.2) is 4.21 Å². The Bertz CT molecular complexity index is 799. The number of anilines is 1. The van der Waals surface area contributed by atoms with E-state index in [0.29, 0.717) is 28.1 Å². The van der Waals surface area contributed by atoms with Gasteiger partial charge < -0.3 is 14.2 Å². The predicted octanol–water partition coefficient (Wildman–Crippen LogP) is 3.09. The van der Waals surface area contributed by atoms with Gasteiger partial charge in [-0.05, 0) is 12.1 Å². The number of nitrogens with zero attached hydrogens (tertiary/aromatic N) is 1. The van der Waals surface area contributed by atoms with Crippen LogP contribution in [-0.2, 0) is 22.3 Å². The number of hydrogen-bond donors (Lipinski definition) is 2. The molecule has 8 heteroatoms. The second kappa shape index (κ2) is 5.88. The molecule has 1 unspecified atom stereocenters. The number of halogens is 1. The van der Waals surface area contributed by atoms with Gasteiger partial charge in [-0.15, -0.1) is 0 Å². The Morgan fingerprint density at radius 1 is 1.48 bits per heavy atom. The van der Waals surface area contributed by atoms with E-state index in [2.05, 4.69) is 14.9 Å². The maximum atomic E-state index is 12.4. The molecule has 0 amide bonds. The van der Waals surface area contributed by atoms with Crippen LogP contribution in [0.5, 0.6) is 0 Å². The van der Waals surface area contributed by atoms with Crippen molar-refractivity contribution in [1.29, 1.82) is 0 Å². The Kier molecular flexibility index (Phi) is 3.96. The van der Waals surface area contributed by atoms with E-state index in [1.165, 1.54) is 0 Å². The fourth-order valence-corrected chi connectivity index (χ4v) is 3.06. The lowest BCUT2D eigenvalue weighted by atomic mass is 10.2. The monoisotopic (exact) mass is 325 g/mol. The molecule has 3 aromatic rings. The van der Waals surface area contributed by atoms with E-state index in [4.69, 9.17) is 20.9 Å². The summed E-state index contributed by atoms with van der Waals surface area (Å²) >= 11 is 5.92. The van der Waals surface area contributed by atoms with Crippen LogP contribution in [0.4, 0.5) is 5.82 Å². The Labute approximate surface area is 128 Å². The average molecular weight is 326 g/mol. The first kappa shape index (κ1) is 14.1. The summed E-state index contributed by atoms with van der Waals surface area (Å²) in [7, 11) is 0.0977. The van der Waals surface area contributed by atoms with Gasteiger partial charge in [-0.1, -0.05) is 22.8 Å². The fraction of sp³-hybridized carbons (Fsp3) is 0.154. The summed E-state index contributed by atoms with van der Waals surface area (Å²) in [5, 5.41) is 5.25. The first-order valence-corrected chi connectivity index (χ1v) is 7.60. The van der Waals surface area contributed by atoms with Gasteiger partial charge in [0.15, 0.2) is 22.6 Å². The Morgan fingerprint density at radius 3 is 3.14 bits per heavy atom. The average Bonchev–Trinajstić information content (AvgIpc) is 3.05. The number of aromatic amines is 1. The van der Waals surface area contributed by atoms with Crippen molar-refractivity contribution in [3.05, 3.63) is 41.2 Å². The Hall–Kier alpha value is -1.83. The highest BCUT2D eigenvalue weighted by atomic mass is 35.5. The van der Waals surface area contributed by atoms with Crippen LogP contribution >= 0.6 is 11.6 Å². The van der Waals surface area contributed by atoms with E-state index in [1.54, 1.807) is 31.5 Å². The quantitative estimate of drug-likeness (QED) is 0.755. The van der Waals surface area contributed by atoms with Crippen molar-refractivity contribution in [3.63, 3.8) is 0 Å². The first-order chi connectivity index (χ1) is 10.2. The summed E-state index contributed by atoms with van der Waals surface area (Å²) in [6, 6.07) is 7.00. The van der Waals surface area contributed by atoms with Gasteiger partial charge in [-0.2, -0.15) is 0 Å². The van der Waals surface area contributed by atoms with Crippen molar-refractivity contribution in [1.82, 2.24) is 10.1 Å². The molecule has 0 aliphatic carbocycles. The molecule has 3 rings (SSSR count). The van der Waals surface area contributed by atoms with Crippen molar-refractivity contribution < 1.29 is 13.5 Å². The summed E-state index contributed by atoms with van der Waals surface area (Å²) in [6.07, 6.45) is 1.68. The third-order valence-electron chi connectivity index (χ3n) is 2.85. The molecular formula is C13H12ClN3O3S. The lowest BCUT2D eigenvalue weighted by Crippen LogP contribution is -2.04. The van der Waals surface area contributed by atoms with E-state index in [9.17, 15) is 4.21 Å². The standard InChI is InChI=1S/C13H12ClN3O3S/c1-19-7-9-5-13(16-20-9)17-21(18)12-6-15-11-4-8(14)2-3-10(11)12/h2-6,15H,7H2,1H3,(H,16,17). The van der Waals surface area contributed by atoms with Gasteiger partial charge >= 0.3 is 0 Å². The van der Waals surface area contributed by atoms with E-state index in [1.807, 2.05) is 6.07 Å². The zero-order chi connectivity index (χ0) is 14.8. The van der Waals surface area contributed by atoms with Crippen molar-refractivity contribution in [2.45, 2.75) is 11.5 Å². The van der Waals surface area contributed by atoms with Crippen LogP contribution in [0, 0.1) is 0 Å². The molecule has 1 aromatic carbocycles. The number of hydrogen-bond acceptors (Lipinski definition) is 4. The largest absolute Gasteiger partial charge is 0.377 e.